The van der Waals surface area contributed by atoms with Gasteiger partial charge in [-0.2, -0.15) is 0 Å². The number of aliphatic hydroxyl groups excluding tert-OH is 2. The fraction of sp³-hybridized carbons (Fsp3) is 0.679. The first-order chi connectivity index (χ1) is 17.4. The molecule has 36 heavy (non-hydrogen) atoms. The first-order valence-corrected chi connectivity index (χ1v) is 13.9. The lowest BCUT2D eigenvalue weighted by Crippen LogP contribution is -2.29. The zero-order valence-electron chi connectivity index (χ0n) is 21.4. The van der Waals surface area contributed by atoms with E-state index in [2.05, 4.69) is 21.3 Å². The number of unbranched alkanes of at least 4 members (excludes halogenated alkanes) is 3. The van der Waals surface area contributed by atoms with Crippen molar-refractivity contribution in [2.75, 3.05) is 20.0 Å². The maximum absolute atomic E-state index is 13.2. The predicted octanol–water partition coefficient (Wildman–Crippen LogP) is 3.97. The molecule has 1 saturated carbocycles. The van der Waals surface area contributed by atoms with Gasteiger partial charge in [0.15, 0.2) is 5.78 Å². The summed E-state index contributed by atoms with van der Waals surface area (Å²) >= 11 is 1.47. The number of aliphatic hydroxyl groups is 2. The molecular weight excluding hydrogens is 480 g/mol. The average molecular weight is 521 g/mol. The Morgan fingerprint density at radius 2 is 1.75 bits per heavy atom. The summed E-state index contributed by atoms with van der Waals surface area (Å²) in [6.07, 6.45) is 12.2. The van der Waals surface area contributed by atoms with Crippen LogP contribution in [0.1, 0.15) is 70.6 Å². The quantitative estimate of drug-likeness (QED) is 0.153. The maximum atomic E-state index is 13.2. The molecule has 1 fully saturated rings. The van der Waals surface area contributed by atoms with Gasteiger partial charge < -0.3 is 19.7 Å². The Balaban J connectivity index is 1.97. The molecule has 8 heteroatoms. The first-order valence-electron chi connectivity index (χ1n) is 12.9. The van der Waals surface area contributed by atoms with Crippen molar-refractivity contribution in [3.63, 3.8) is 0 Å². The minimum absolute atomic E-state index is 0.129. The fourth-order valence-corrected chi connectivity index (χ4v) is 5.67. The second-order valence-electron chi connectivity index (χ2n) is 9.35. The fourth-order valence-electron chi connectivity index (χ4n) is 4.57. The zero-order chi connectivity index (χ0) is 26.3. The average Bonchev–Trinajstić information content (AvgIpc) is 3.52. The minimum atomic E-state index is -1.14. The van der Waals surface area contributed by atoms with Crippen LogP contribution < -0.4 is 0 Å². The molecule has 2 N–H and O–H groups in total. The van der Waals surface area contributed by atoms with Gasteiger partial charge in [-0.05, 0) is 43.8 Å². The molecule has 0 spiro atoms. The van der Waals surface area contributed by atoms with Crippen molar-refractivity contribution in [1.29, 1.82) is 0 Å². The van der Waals surface area contributed by atoms with E-state index in [4.69, 9.17) is 0 Å². The minimum Gasteiger partial charge on any atom is -0.469 e. The van der Waals surface area contributed by atoms with E-state index in [-0.39, 0.29) is 36.0 Å². The molecule has 0 amide bonds. The van der Waals surface area contributed by atoms with Gasteiger partial charge in [0.2, 0.25) is 0 Å². The highest BCUT2D eigenvalue weighted by Gasteiger charge is 2.39. The van der Waals surface area contributed by atoms with Gasteiger partial charge in [-0.25, -0.2) is 0 Å². The Kier molecular flexibility index (Phi) is 13.9. The summed E-state index contributed by atoms with van der Waals surface area (Å²) in [6, 6.07) is 0. The summed E-state index contributed by atoms with van der Waals surface area (Å²) in [4.78, 5) is 36.3. The van der Waals surface area contributed by atoms with Gasteiger partial charge in [0.05, 0.1) is 26.2 Å². The van der Waals surface area contributed by atoms with E-state index in [1.807, 2.05) is 12.2 Å². The molecular formula is C28H40O7S. The van der Waals surface area contributed by atoms with Crippen LogP contribution in [0.25, 0.3) is 0 Å². The molecule has 0 aromatic carbocycles. The lowest BCUT2D eigenvalue weighted by atomic mass is 9.88. The van der Waals surface area contributed by atoms with Crippen LogP contribution >= 0.6 is 11.8 Å². The molecule has 7 nitrogen and oxygen atoms in total. The molecule has 0 bridgehead atoms. The van der Waals surface area contributed by atoms with Crippen molar-refractivity contribution in [2.24, 2.45) is 17.8 Å². The number of methoxy groups -OCH3 is 2. The van der Waals surface area contributed by atoms with Gasteiger partial charge in [0, 0.05) is 30.1 Å². The normalized spacial score (nSPS) is 21.7. The van der Waals surface area contributed by atoms with Gasteiger partial charge in [-0.15, -0.1) is 17.7 Å². The lowest BCUT2D eigenvalue weighted by molar-refractivity contribution is -0.141. The number of carbonyl (C=O) groups excluding carboxylic acids is 3. The number of carbonyl (C=O) groups is 3. The Bertz CT molecular complexity index is 848. The van der Waals surface area contributed by atoms with Crippen LogP contribution in [-0.2, 0) is 23.9 Å². The molecule has 2 aliphatic carbocycles. The number of Topliss-reactive ketones (excluding diaryl/α,β-unsaturated/α-hetero) is 1. The smallest absolute Gasteiger partial charge is 0.305 e. The van der Waals surface area contributed by atoms with E-state index in [1.165, 1.54) is 26.0 Å². The standard InChI is InChI=1S/C28H40O7S/c1-34-25(31)14-6-3-5-13-23(30)27-21(16-17-22(29)20-11-8-9-12-20)19-24(28(27)33)36-18-10-4-7-15-26(32)35-2/h16-17,19-23,27,29-30H,3-4,6-12,14-15,18H2,1-2H3. The monoisotopic (exact) mass is 520 g/mol. The number of ether oxygens (including phenoxy) is 2. The van der Waals surface area contributed by atoms with Crippen molar-refractivity contribution in [2.45, 2.75) is 82.8 Å². The highest BCUT2D eigenvalue weighted by molar-refractivity contribution is 8.04. The number of allylic oxidation sites excluding steroid dienone is 3. The largest absolute Gasteiger partial charge is 0.469 e. The van der Waals surface area contributed by atoms with Crippen molar-refractivity contribution in [3.8, 4) is 11.8 Å². The topological polar surface area (TPSA) is 110 Å². The summed E-state index contributed by atoms with van der Waals surface area (Å²) in [5, 5.41) is 21.3. The third-order valence-electron chi connectivity index (χ3n) is 6.73. The number of thioether (sulfide) groups is 1. The maximum Gasteiger partial charge on any atom is 0.305 e. The molecule has 0 saturated heterocycles. The van der Waals surface area contributed by atoms with Crippen LogP contribution in [0.2, 0.25) is 0 Å². The summed E-state index contributed by atoms with van der Waals surface area (Å²) in [7, 11) is 2.72. The second-order valence-corrected chi connectivity index (χ2v) is 10.5. The van der Waals surface area contributed by atoms with Gasteiger partial charge in [-0.1, -0.05) is 43.4 Å². The van der Waals surface area contributed by atoms with Crippen LogP contribution in [0.5, 0.6) is 0 Å². The van der Waals surface area contributed by atoms with Crippen LogP contribution in [0.4, 0.5) is 0 Å². The third kappa shape index (κ3) is 10.1. The molecule has 2 rings (SSSR count). The summed E-state index contributed by atoms with van der Waals surface area (Å²) in [5.41, 5.74) is 0. The highest BCUT2D eigenvalue weighted by Crippen LogP contribution is 2.37. The predicted molar refractivity (Wildman–Crippen MR) is 140 cm³/mol. The number of esters is 2. The van der Waals surface area contributed by atoms with Crippen LogP contribution in [0.15, 0.2) is 23.1 Å². The van der Waals surface area contributed by atoms with Crippen molar-refractivity contribution >= 4 is 29.5 Å². The molecule has 0 aliphatic heterocycles. The van der Waals surface area contributed by atoms with E-state index in [9.17, 15) is 24.6 Å². The molecule has 0 aromatic heterocycles. The lowest BCUT2D eigenvalue weighted by Gasteiger charge is -2.19. The van der Waals surface area contributed by atoms with Crippen molar-refractivity contribution in [3.05, 3.63) is 23.1 Å². The number of ketones is 1. The van der Waals surface area contributed by atoms with Gasteiger partial charge in [0.1, 0.15) is 6.10 Å². The summed E-state index contributed by atoms with van der Waals surface area (Å²) in [5.74, 6) is 4.97. The zero-order valence-corrected chi connectivity index (χ0v) is 22.3. The molecule has 0 heterocycles. The SMILES string of the molecule is COC(=O)CCCC#CC(O)C1C(=O)C(SCCCCCC(=O)OC)=CC1C=CC(O)C1CCCC1. The van der Waals surface area contributed by atoms with E-state index >= 15 is 0 Å². The highest BCUT2D eigenvalue weighted by atomic mass is 32.2. The van der Waals surface area contributed by atoms with E-state index < -0.39 is 18.1 Å². The van der Waals surface area contributed by atoms with Gasteiger partial charge in [0.25, 0.3) is 0 Å². The Hall–Kier alpha value is -2.08. The van der Waals surface area contributed by atoms with Gasteiger partial charge >= 0.3 is 11.9 Å². The summed E-state index contributed by atoms with van der Waals surface area (Å²) < 4.78 is 9.26. The van der Waals surface area contributed by atoms with Gasteiger partial charge in [-0.3, -0.25) is 14.4 Å². The molecule has 2 aliphatic rings. The number of hydrogen-bond acceptors (Lipinski definition) is 8. The third-order valence-corrected chi connectivity index (χ3v) is 7.87. The second kappa shape index (κ2) is 16.6. The Morgan fingerprint density at radius 1 is 1.08 bits per heavy atom. The van der Waals surface area contributed by atoms with Crippen LogP contribution in [0, 0.1) is 29.6 Å². The van der Waals surface area contributed by atoms with E-state index in [0.29, 0.717) is 24.2 Å². The van der Waals surface area contributed by atoms with E-state index in [1.54, 1.807) is 6.08 Å². The Labute approximate surface area is 219 Å². The number of hydrogen-bond donors (Lipinski definition) is 2. The number of rotatable bonds is 14. The molecule has 4 atom stereocenters. The molecule has 0 radical (unpaired) electrons. The first kappa shape index (κ1) is 30.1. The van der Waals surface area contributed by atoms with Crippen LogP contribution in [-0.4, -0.2) is 60.1 Å². The van der Waals surface area contributed by atoms with Crippen LogP contribution in [0.3, 0.4) is 0 Å². The van der Waals surface area contributed by atoms with Crippen molar-refractivity contribution < 1.29 is 34.1 Å². The molecule has 4 unspecified atom stereocenters. The van der Waals surface area contributed by atoms with E-state index in [0.717, 1.165) is 50.7 Å². The van der Waals surface area contributed by atoms with Crippen molar-refractivity contribution in [1.82, 2.24) is 0 Å². The molecule has 0 aromatic rings. The Morgan fingerprint density at radius 3 is 2.42 bits per heavy atom. The molecule has 200 valence electrons. The summed E-state index contributed by atoms with van der Waals surface area (Å²) in [6.45, 7) is 0.